The van der Waals surface area contributed by atoms with Gasteiger partial charge < -0.3 is 4.90 Å². The number of H-pyrrole nitrogens is 1. The Morgan fingerprint density at radius 1 is 1.20 bits per heavy atom. The van der Waals surface area contributed by atoms with E-state index in [0.717, 1.165) is 35.0 Å². The first-order chi connectivity index (χ1) is 14.6. The highest BCUT2D eigenvalue weighted by atomic mass is 19.1. The predicted molar refractivity (Wildman–Crippen MR) is 112 cm³/mol. The SMILES string of the molecule is C[C@H]1CC(Cn2ncc3cc(-c4cn[nH]c4)ccc32)CN1C(=O)c1cccc(F)c1. The molecule has 1 aliphatic heterocycles. The smallest absolute Gasteiger partial charge is 0.254 e. The van der Waals surface area contributed by atoms with Gasteiger partial charge in [-0.3, -0.25) is 14.6 Å². The van der Waals surface area contributed by atoms with Crippen LogP contribution in [0.5, 0.6) is 0 Å². The Bertz CT molecular complexity index is 1200. The summed E-state index contributed by atoms with van der Waals surface area (Å²) in [4.78, 5) is 14.7. The average molecular weight is 403 g/mol. The van der Waals surface area contributed by atoms with Crippen molar-refractivity contribution >= 4 is 16.8 Å². The molecule has 0 spiro atoms. The maximum atomic E-state index is 13.5. The van der Waals surface area contributed by atoms with E-state index in [1.54, 1.807) is 18.3 Å². The molecule has 4 aromatic rings. The first-order valence-corrected chi connectivity index (χ1v) is 10.1. The van der Waals surface area contributed by atoms with Crippen molar-refractivity contribution in [2.24, 2.45) is 5.92 Å². The summed E-state index contributed by atoms with van der Waals surface area (Å²) in [6.45, 7) is 3.44. The van der Waals surface area contributed by atoms with Crippen LogP contribution in [0.2, 0.25) is 0 Å². The van der Waals surface area contributed by atoms with Gasteiger partial charge in [-0.1, -0.05) is 12.1 Å². The molecule has 1 aliphatic rings. The molecule has 152 valence electrons. The molecular formula is C23H22FN5O. The number of halogens is 1. The highest BCUT2D eigenvalue weighted by molar-refractivity contribution is 5.94. The Balaban J connectivity index is 1.33. The van der Waals surface area contributed by atoms with Gasteiger partial charge in [0, 0.05) is 41.8 Å². The van der Waals surface area contributed by atoms with Gasteiger partial charge in [0.15, 0.2) is 0 Å². The van der Waals surface area contributed by atoms with Gasteiger partial charge in [-0.2, -0.15) is 10.2 Å². The van der Waals surface area contributed by atoms with E-state index >= 15 is 0 Å². The Morgan fingerprint density at radius 2 is 2.10 bits per heavy atom. The molecule has 3 heterocycles. The van der Waals surface area contributed by atoms with Gasteiger partial charge in [0.25, 0.3) is 5.91 Å². The number of carbonyl (C=O) groups is 1. The monoisotopic (exact) mass is 403 g/mol. The molecule has 1 unspecified atom stereocenters. The van der Waals surface area contributed by atoms with Crippen molar-refractivity contribution in [2.45, 2.75) is 25.9 Å². The van der Waals surface area contributed by atoms with E-state index in [4.69, 9.17) is 0 Å². The summed E-state index contributed by atoms with van der Waals surface area (Å²) in [5.74, 6) is -0.198. The van der Waals surface area contributed by atoms with Gasteiger partial charge in [0.2, 0.25) is 0 Å². The number of likely N-dealkylation sites (tertiary alicyclic amines) is 1. The highest BCUT2D eigenvalue weighted by Crippen LogP contribution is 2.28. The van der Waals surface area contributed by atoms with Crippen LogP contribution in [0, 0.1) is 11.7 Å². The molecule has 0 saturated carbocycles. The lowest BCUT2D eigenvalue weighted by Gasteiger charge is -2.21. The van der Waals surface area contributed by atoms with E-state index in [-0.39, 0.29) is 17.8 Å². The van der Waals surface area contributed by atoms with Crippen LogP contribution in [0.25, 0.3) is 22.0 Å². The molecule has 5 rings (SSSR count). The molecule has 2 atom stereocenters. The summed E-state index contributed by atoms with van der Waals surface area (Å²) in [6.07, 6.45) is 6.45. The molecule has 1 fully saturated rings. The Hall–Kier alpha value is -3.48. The van der Waals surface area contributed by atoms with E-state index in [0.29, 0.717) is 18.0 Å². The van der Waals surface area contributed by atoms with Crippen LogP contribution in [0.4, 0.5) is 4.39 Å². The number of hydrogen-bond donors (Lipinski definition) is 1. The van der Waals surface area contributed by atoms with Crippen LogP contribution in [-0.4, -0.2) is 43.4 Å². The van der Waals surface area contributed by atoms with Crippen molar-refractivity contribution < 1.29 is 9.18 Å². The van der Waals surface area contributed by atoms with Gasteiger partial charge in [0.05, 0.1) is 17.9 Å². The largest absolute Gasteiger partial charge is 0.336 e. The molecule has 1 amide bonds. The third-order valence-electron chi connectivity index (χ3n) is 5.90. The summed E-state index contributed by atoms with van der Waals surface area (Å²) in [5.41, 5.74) is 3.61. The van der Waals surface area contributed by atoms with Crippen LogP contribution in [0.15, 0.2) is 61.1 Å². The topological polar surface area (TPSA) is 66.8 Å². The van der Waals surface area contributed by atoms with Gasteiger partial charge in [-0.05, 0) is 55.2 Å². The van der Waals surface area contributed by atoms with Crippen molar-refractivity contribution in [1.82, 2.24) is 24.9 Å². The molecule has 1 N–H and O–H groups in total. The molecule has 30 heavy (non-hydrogen) atoms. The molecule has 1 saturated heterocycles. The van der Waals surface area contributed by atoms with Crippen LogP contribution >= 0.6 is 0 Å². The lowest BCUT2D eigenvalue weighted by molar-refractivity contribution is 0.0741. The molecule has 7 heteroatoms. The fraction of sp³-hybridized carbons (Fsp3) is 0.261. The number of nitrogens with one attached hydrogen (secondary N) is 1. The molecule has 2 aromatic carbocycles. The standard InChI is InChI=1S/C23H22FN5O/c1-15-7-16(13-28(15)23(30)18-3-2-4-21(24)9-18)14-29-22-6-5-17(8-19(22)12-27-29)20-10-25-26-11-20/h2-6,8-12,15-16H,7,13-14H2,1H3,(H,25,26)/t15-,16?/m0/s1. The molecule has 2 aromatic heterocycles. The number of aromatic amines is 1. The number of nitrogens with zero attached hydrogens (tertiary/aromatic N) is 4. The first-order valence-electron chi connectivity index (χ1n) is 10.1. The summed E-state index contributed by atoms with van der Waals surface area (Å²) in [6, 6.07) is 12.3. The minimum absolute atomic E-state index is 0.111. The summed E-state index contributed by atoms with van der Waals surface area (Å²) < 4.78 is 15.5. The minimum Gasteiger partial charge on any atom is -0.336 e. The molecular weight excluding hydrogens is 381 g/mol. The molecule has 6 nitrogen and oxygen atoms in total. The lowest BCUT2D eigenvalue weighted by Crippen LogP contribution is -2.34. The second kappa shape index (κ2) is 7.40. The van der Waals surface area contributed by atoms with Gasteiger partial charge >= 0.3 is 0 Å². The van der Waals surface area contributed by atoms with Crippen molar-refractivity contribution in [3.05, 3.63) is 72.4 Å². The van der Waals surface area contributed by atoms with E-state index in [1.165, 1.54) is 12.1 Å². The zero-order valence-corrected chi connectivity index (χ0v) is 16.6. The maximum Gasteiger partial charge on any atom is 0.254 e. The van der Waals surface area contributed by atoms with E-state index in [2.05, 4.69) is 40.4 Å². The van der Waals surface area contributed by atoms with E-state index in [9.17, 15) is 9.18 Å². The Labute approximate surface area is 173 Å². The van der Waals surface area contributed by atoms with Crippen molar-refractivity contribution in [2.75, 3.05) is 6.54 Å². The number of benzene rings is 2. The third-order valence-corrected chi connectivity index (χ3v) is 5.90. The summed E-state index contributed by atoms with van der Waals surface area (Å²) >= 11 is 0. The summed E-state index contributed by atoms with van der Waals surface area (Å²) in [7, 11) is 0. The zero-order valence-electron chi connectivity index (χ0n) is 16.6. The molecule has 0 bridgehead atoms. The van der Waals surface area contributed by atoms with Crippen LogP contribution in [-0.2, 0) is 6.54 Å². The van der Waals surface area contributed by atoms with Crippen molar-refractivity contribution in [1.29, 1.82) is 0 Å². The van der Waals surface area contributed by atoms with Gasteiger partial charge in [0.1, 0.15) is 5.82 Å². The normalized spacial score (nSPS) is 18.9. The van der Waals surface area contributed by atoms with E-state index < -0.39 is 0 Å². The van der Waals surface area contributed by atoms with Crippen LogP contribution in [0.3, 0.4) is 0 Å². The Morgan fingerprint density at radius 3 is 2.90 bits per heavy atom. The summed E-state index contributed by atoms with van der Waals surface area (Å²) in [5, 5.41) is 12.5. The highest BCUT2D eigenvalue weighted by Gasteiger charge is 2.33. The second-order valence-corrected chi connectivity index (χ2v) is 8.01. The lowest BCUT2D eigenvalue weighted by atomic mass is 10.1. The predicted octanol–water partition coefficient (Wildman–Crippen LogP) is 4.12. The number of carbonyl (C=O) groups excluding carboxylic acids is 1. The number of amides is 1. The van der Waals surface area contributed by atoms with Crippen molar-refractivity contribution in [3.8, 4) is 11.1 Å². The van der Waals surface area contributed by atoms with Crippen LogP contribution in [0.1, 0.15) is 23.7 Å². The number of rotatable bonds is 4. The maximum absolute atomic E-state index is 13.5. The van der Waals surface area contributed by atoms with Gasteiger partial charge in [-0.25, -0.2) is 4.39 Å². The fourth-order valence-corrected chi connectivity index (χ4v) is 4.41. The average Bonchev–Trinajstić information content (AvgIpc) is 3.48. The molecule has 0 radical (unpaired) electrons. The second-order valence-electron chi connectivity index (χ2n) is 8.01. The minimum atomic E-state index is -0.387. The first kappa shape index (κ1) is 18.5. The zero-order chi connectivity index (χ0) is 20.7. The van der Waals surface area contributed by atoms with Crippen molar-refractivity contribution in [3.63, 3.8) is 0 Å². The number of aromatic nitrogens is 4. The fourth-order valence-electron chi connectivity index (χ4n) is 4.41. The van der Waals surface area contributed by atoms with Gasteiger partial charge in [-0.15, -0.1) is 0 Å². The Kier molecular flexibility index (Phi) is 4.58. The third kappa shape index (κ3) is 3.36. The number of hydrogen-bond acceptors (Lipinski definition) is 3. The molecule has 0 aliphatic carbocycles. The number of fused-ring (bicyclic) bond motifs is 1. The van der Waals surface area contributed by atoms with Crippen LogP contribution < -0.4 is 0 Å². The quantitative estimate of drug-likeness (QED) is 0.557. The van der Waals surface area contributed by atoms with E-state index in [1.807, 2.05) is 22.0 Å².